The fourth-order valence-corrected chi connectivity index (χ4v) is 1.48. The molecule has 0 bridgehead atoms. The third-order valence-corrected chi connectivity index (χ3v) is 2.46. The molecule has 0 saturated carbocycles. The smallest absolute Gasteiger partial charge is 0.358 e. The zero-order valence-electron chi connectivity index (χ0n) is 9.83. The van der Waals surface area contributed by atoms with Crippen molar-refractivity contribution in [3.05, 3.63) is 53.6 Å². The molecule has 0 amide bonds. The Kier molecular flexibility index (Phi) is 3.52. The van der Waals surface area contributed by atoms with Crippen molar-refractivity contribution in [2.75, 3.05) is 0 Å². The fourth-order valence-electron chi connectivity index (χ4n) is 1.48. The molecule has 2 rings (SSSR count). The molecule has 0 unspecified atom stereocenters. The standard InChI is InChI=1S/C13H12N2O3/c1-9-4-2-6-14-10(9)8-18-11-5-3-7-15-12(11)13(16)17/h2-7H,8H2,1H3,(H,16,17). The van der Waals surface area contributed by atoms with Crippen molar-refractivity contribution in [2.24, 2.45) is 0 Å². The normalized spacial score (nSPS) is 10.1. The molecular formula is C13H12N2O3. The maximum Gasteiger partial charge on any atom is 0.358 e. The summed E-state index contributed by atoms with van der Waals surface area (Å²) in [5.74, 6) is -0.863. The molecule has 0 saturated heterocycles. The Bertz CT molecular complexity index is 570. The summed E-state index contributed by atoms with van der Waals surface area (Å²) < 4.78 is 5.46. The monoisotopic (exact) mass is 244 g/mol. The highest BCUT2D eigenvalue weighted by Gasteiger charge is 2.12. The summed E-state index contributed by atoms with van der Waals surface area (Å²) in [4.78, 5) is 18.9. The lowest BCUT2D eigenvalue weighted by Crippen LogP contribution is -2.07. The van der Waals surface area contributed by atoms with E-state index in [1.54, 1.807) is 18.3 Å². The molecule has 5 nitrogen and oxygen atoms in total. The molecule has 0 aliphatic carbocycles. The summed E-state index contributed by atoms with van der Waals surface area (Å²) >= 11 is 0. The Morgan fingerprint density at radius 1 is 1.28 bits per heavy atom. The SMILES string of the molecule is Cc1cccnc1COc1cccnc1C(=O)O. The zero-order chi connectivity index (χ0) is 13.0. The van der Waals surface area contributed by atoms with Gasteiger partial charge in [-0.05, 0) is 30.7 Å². The molecule has 0 aliphatic heterocycles. The van der Waals surface area contributed by atoms with Gasteiger partial charge in [-0.25, -0.2) is 9.78 Å². The lowest BCUT2D eigenvalue weighted by molar-refractivity contribution is 0.0684. The van der Waals surface area contributed by atoms with E-state index in [-0.39, 0.29) is 18.1 Å². The molecule has 0 fully saturated rings. The summed E-state index contributed by atoms with van der Waals surface area (Å²) in [5, 5.41) is 8.96. The van der Waals surface area contributed by atoms with Crippen LogP contribution in [0.2, 0.25) is 0 Å². The van der Waals surface area contributed by atoms with Crippen molar-refractivity contribution in [3.63, 3.8) is 0 Å². The van der Waals surface area contributed by atoms with Gasteiger partial charge in [0.2, 0.25) is 0 Å². The number of carbonyl (C=O) groups is 1. The summed E-state index contributed by atoms with van der Waals surface area (Å²) in [5.41, 5.74) is 1.68. The van der Waals surface area contributed by atoms with Crippen LogP contribution in [-0.4, -0.2) is 21.0 Å². The number of carboxylic acids is 1. The minimum absolute atomic E-state index is 0.0916. The second-order valence-electron chi connectivity index (χ2n) is 3.71. The number of ether oxygens (including phenoxy) is 1. The van der Waals surface area contributed by atoms with Gasteiger partial charge in [-0.2, -0.15) is 0 Å². The van der Waals surface area contributed by atoms with Crippen LogP contribution < -0.4 is 4.74 Å². The number of hydrogen-bond donors (Lipinski definition) is 1. The summed E-state index contributed by atoms with van der Waals surface area (Å²) in [6, 6.07) is 6.97. The van der Waals surface area contributed by atoms with Gasteiger partial charge in [0.15, 0.2) is 11.4 Å². The summed E-state index contributed by atoms with van der Waals surface area (Å²) in [7, 11) is 0. The van der Waals surface area contributed by atoms with Crippen LogP contribution in [-0.2, 0) is 6.61 Å². The van der Waals surface area contributed by atoms with Gasteiger partial charge in [0.1, 0.15) is 6.61 Å². The molecule has 2 aromatic heterocycles. The van der Waals surface area contributed by atoms with E-state index in [1.165, 1.54) is 6.20 Å². The first-order valence-electron chi connectivity index (χ1n) is 5.40. The van der Waals surface area contributed by atoms with Gasteiger partial charge in [0.25, 0.3) is 0 Å². The molecular weight excluding hydrogens is 232 g/mol. The molecule has 0 spiro atoms. The van der Waals surface area contributed by atoms with E-state index in [1.807, 2.05) is 19.1 Å². The van der Waals surface area contributed by atoms with Gasteiger partial charge in [-0.3, -0.25) is 4.98 Å². The van der Waals surface area contributed by atoms with Crippen LogP contribution in [0.3, 0.4) is 0 Å². The Hall–Kier alpha value is -2.43. The zero-order valence-corrected chi connectivity index (χ0v) is 9.83. The van der Waals surface area contributed by atoms with E-state index in [9.17, 15) is 4.79 Å². The first-order chi connectivity index (χ1) is 8.68. The third-order valence-electron chi connectivity index (χ3n) is 2.46. The number of rotatable bonds is 4. The molecule has 2 heterocycles. The number of hydrogen-bond acceptors (Lipinski definition) is 4. The van der Waals surface area contributed by atoms with Crippen molar-refractivity contribution in [1.29, 1.82) is 0 Å². The highest BCUT2D eigenvalue weighted by molar-refractivity contribution is 5.88. The van der Waals surface area contributed by atoms with Gasteiger partial charge in [-0.1, -0.05) is 6.07 Å². The summed E-state index contributed by atoms with van der Waals surface area (Å²) in [6.07, 6.45) is 3.09. The van der Waals surface area contributed by atoms with Gasteiger partial charge < -0.3 is 9.84 Å². The maximum absolute atomic E-state index is 10.9. The van der Waals surface area contributed by atoms with E-state index >= 15 is 0 Å². The number of aryl methyl sites for hydroxylation is 1. The highest BCUT2D eigenvalue weighted by atomic mass is 16.5. The van der Waals surface area contributed by atoms with Crippen LogP contribution in [0, 0.1) is 6.92 Å². The molecule has 0 aliphatic rings. The predicted molar refractivity (Wildman–Crippen MR) is 64.5 cm³/mol. The van der Waals surface area contributed by atoms with Crippen LogP contribution in [0.5, 0.6) is 5.75 Å². The third kappa shape index (κ3) is 2.63. The van der Waals surface area contributed by atoms with E-state index < -0.39 is 5.97 Å². The Morgan fingerprint density at radius 2 is 2.00 bits per heavy atom. The summed E-state index contributed by atoms with van der Waals surface area (Å²) in [6.45, 7) is 2.14. The molecule has 18 heavy (non-hydrogen) atoms. The van der Waals surface area contributed by atoms with E-state index in [2.05, 4.69) is 9.97 Å². The van der Waals surface area contributed by atoms with Crippen LogP contribution in [0.1, 0.15) is 21.7 Å². The topological polar surface area (TPSA) is 72.3 Å². The minimum atomic E-state index is -1.11. The van der Waals surface area contributed by atoms with Crippen LogP contribution >= 0.6 is 0 Å². The Labute approximate surface area is 104 Å². The number of aromatic carboxylic acids is 1. The predicted octanol–water partition coefficient (Wildman–Crippen LogP) is 2.06. The molecule has 0 aromatic carbocycles. The van der Waals surface area contributed by atoms with E-state index in [4.69, 9.17) is 9.84 Å². The molecule has 2 aromatic rings. The van der Waals surface area contributed by atoms with Crippen LogP contribution in [0.4, 0.5) is 0 Å². The van der Waals surface area contributed by atoms with Gasteiger partial charge >= 0.3 is 5.97 Å². The highest BCUT2D eigenvalue weighted by Crippen LogP contribution is 2.17. The first kappa shape index (κ1) is 12.0. The lowest BCUT2D eigenvalue weighted by atomic mass is 10.2. The van der Waals surface area contributed by atoms with Gasteiger partial charge in [-0.15, -0.1) is 0 Å². The number of carboxylic acid groups (broad SMARTS) is 1. The maximum atomic E-state index is 10.9. The average molecular weight is 244 g/mol. The average Bonchev–Trinajstić information content (AvgIpc) is 2.38. The number of nitrogens with zero attached hydrogens (tertiary/aromatic N) is 2. The van der Waals surface area contributed by atoms with Crippen molar-refractivity contribution in [1.82, 2.24) is 9.97 Å². The Balaban J connectivity index is 2.16. The van der Waals surface area contributed by atoms with Gasteiger partial charge in [0.05, 0.1) is 5.69 Å². The van der Waals surface area contributed by atoms with Crippen molar-refractivity contribution >= 4 is 5.97 Å². The molecule has 5 heteroatoms. The van der Waals surface area contributed by atoms with Crippen LogP contribution in [0.15, 0.2) is 36.7 Å². The number of pyridine rings is 2. The molecule has 1 N–H and O–H groups in total. The largest absolute Gasteiger partial charge is 0.485 e. The van der Waals surface area contributed by atoms with Crippen molar-refractivity contribution in [2.45, 2.75) is 13.5 Å². The van der Waals surface area contributed by atoms with Gasteiger partial charge in [0, 0.05) is 12.4 Å². The quantitative estimate of drug-likeness (QED) is 0.891. The minimum Gasteiger partial charge on any atom is -0.485 e. The Morgan fingerprint density at radius 3 is 2.72 bits per heavy atom. The van der Waals surface area contributed by atoms with Crippen molar-refractivity contribution in [3.8, 4) is 5.75 Å². The first-order valence-corrected chi connectivity index (χ1v) is 5.40. The van der Waals surface area contributed by atoms with E-state index in [0.29, 0.717) is 0 Å². The molecule has 92 valence electrons. The lowest BCUT2D eigenvalue weighted by Gasteiger charge is -2.09. The fraction of sp³-hybridized carbons (Fsp3) is 0.154. The molecule has 0 atom stereocenters. The van der Waals surface area contributed by atoms with Crippen molar-refractivity contribution < 1.29 is 14.6 Å². The number of aromatic nitrogens is 2. The molecule has 0 radical (unpaired) electrons. The second-order valence-corrected chi connectivity index (χ2v) is 3.71. The van der Waals surface area contributed by atoms with Crippen LogP contribution in [0.25, 0.3) is 0 Å². The second kappa shape index (κ2) is 5.27. The van der Waals surface area contributed by atoms with E-state index in [0.717, 1.165) is 11.3 Å².